The summed E-state index contributed by atoms with van der Waals surface area (Å²) in [5.74, 6) is 0.132. The second-order valence-corrected chi connectivity index (χ2v) is 4.71. The Morgan fingerprint density at radius 2 is 2.00 bits per heavy atom. The molecule has 78 valence electrons. The van der Waals surface area contributed by atoms with E-state index in [1.54, 1.807) is 6.07 Å². The van der Waals surface area contributed by atoms with E-state index >= 15 is 0 Å². The Labute approximate surface area is 99.2 Å². The molecule has 1 rings (SSSR count). The van der Waals surface area contributed by atoms with Crippen molar-refractivity contribution in [1.82, 2.24) is 0 Å². The van der Waals surface area contributed by atoms with Crippen LogP contribution in [0.5, 0.6) is 5.75 Å². The van der Waals surface area contributed by atoms with E-state index < -0.39 is 0 Å². The Hall–Kier alpha value is -0.100. The lowest BCUT2D eigenvalue weighted by Gasteiger charge is -2.14. The second-order valence-electron chi connectivity index (χ2n) is 2.94. The highest BCUT2D eigenvalue weighted by Crippen LogP contribution is 2.35. The van der Waals surface area contributed by atoms with Gasteiger partial charge in [0.1, 0.15) is 5.75 Å². The van der Waals surface area contributed by atoms with Crippen LogP contribution in [-0.4, -0.2) is 16.8 Å². The van der Waals surface area contributed by atoms with E-state index in [2.05, 4.69) is 31.9 Å². The van der Waals surface area contributed by atoms with Crippen molar-refractivity contribution in [2.45, 2.75) is 12.5 Å². The Morgan fingerprint density at radius 1 is 1.36 bits per heavy atom. The van der Waals surface area contributed by atoms with Gasteiger partial charge in [0.2, 0.25) is 0 Å². The van der Waals surface area contributed by atoms with Crippen LogP contribution >= 0.6 is 31.9 Å². The smallest absolute Gasteiger partial charge is 0.122 e. The number of aliphatic hydroxyl groups is 1. The summed E-state index contributed by atoms with van der Waals surface area (Å²) in [7, 11) is 0. The third-order valence-corrected chi connectivity index (χ3v) is 3.00. The number of aliphatic hydroxyl groups excluding tert-OH is 1. The second kappa shape index (κ2) is 5.11. The average molecular weight is 325 g/mol. The first-order valence-electron chi connectivity index (χ1n) is 4.10. The fourth-order valence-corrected chi connectivity index (χ4v) is 2.72. The SMILES string of the molecule is N[C@@H](CCO)c1c(O)cc(Br)cc1Br. The first kappa shape index (κ1) is 12.0. The standard InChI is InChI=1S/C9H11Br2NO2/c10-5-3-6(11)9(8(14)4-5)7(12)1-2-13/h3-4,7,13-14H,1-2,12H2/t7-/m0/s1. The number of rotatable bonds is 3. The average Bonchev–Trinajstić information content (AvgIpc) is 2.01. The summed E-state index contributed by atoms with van der Waals surface area (Å²) < 4.78 is 1.52. The molecule has 0 aliphatic rings. The summed E-state index contributed by atoms with van der Waals surface area (Å²) in [5, 5.41) is 18.4. The molecular weight excluding hydrogens is 314 g/mol. The zero-order valence-electron chi connectivity index (χ0n) is 7.37. The zero-order chi connectivity index (χ0) is 10.7. The molecule has 4 N–H and O–H groups in total. The third-order valence-electron chi connectivity index (χ3n) is 1.88. The minimum absolute atomic E-state index is 0.00309. The maximum atomic E-state index is 9.65. The van der Waals surface area contributed by atoms with Crippen LogP contribution in [0.4, 0.5) is 0 Å². The van der Waals surface area contributed by atoms with Gasteiger partial charge < -0.3 is 15.9 Å². The van der Waals surface area contributed by atoms with Crippen LogP contribution < -0.4 is 5.73 Å². The first-order valence-corrected chi connectivity index (χ1v) is 5.69. The highest BCUT2D eigenvalue weighted by Gasteiger charge is 2.14. The van der Waals surface area contributed by atoms with Crippen LogP contribution in [0.3, 0.4) is 0 Å². The molecule has 0 amide bonds. The molecule has 0 aromatic heterocycles. The Morgan fingerprint density at radius 3 is 2.50 bits per heavy atom. The summed E-state index contributed by atoms with van der Waals surface area (Å²) in [6, 6.07) is 3.03. The van der Waals surface area contributed by atoms with Gasteiger partial charge in [0.05, 0.1) is 0 Å². The summed E-state index contributed by atoms with van der Waals surface area (Å²) in [4.78, 5) is 0. The summed E-state index contributed by atoms with van der Waals surface area (Å²) in [6.07, 6.45) is 0.424. The van der Waals surface area contributed by atoms with Gasteiger partial charge in [0.15, 0.2) is 0 Å². The van der Waals surface area contributed by atoms with E-state index in [9.17, 15) is 5.11 Å². The van der Waals surface area contributed by atoms with Gasteiger partial charge >= 0.3 is 0 Å². The molecule has 14 heavy (non-hydrogen) atoms. The molecule has 1 aromatic carbocycles. The normalized spacial score (nSPS) is 12.9. The number of halogens is 2. The maximum Gasteiger partial charge on any atom is 0.122 e. The number of nitrogens with two attached hydrogens (primary N) is 1. The molecule has 0 spiro atoms. The Balaban J connectivity index is 3.07. The van der Waals surface area contributed by atoms with E-state index in [0.29, 0.717) is 12.0 Å². The van der Waals surface area contributed by atoms with Crippen LogP contribution in [0, 0.1) is 0 Å². The summed E-state index contributed by atoms with van der Waals surface area (Å²) >= 11 is 6.57. The van der Waals surface area contributed by atoms with Gasteiger partial charge in [0, 0.05) is 27.2 Å². The van der Waals surface area contributed by atoms with Crippen molar-refractivity contribution in [2.75, 3.05) is 6.61 Å². The number of hydrogen-bond donors (Lipinski definition) is 3. The van der Waals surface area contributed by atoms with Crippen molar-refractivity contribution in [3.05, 3.63) is 26.6 Å². The molecule has 0 radical (unpaired) electrons. The fraction of sp³-hybridized carbons (Fsp3) is 0.333. The van der Waals surface area contributed by atoms with Gasteiger partial charge in [-0.1, -0.05) is 31.9 Å². The minimum Gasteiger partial charge on any atom is -0.508 e. The van der Waals surface area contributed by atoms with Gasteiger partial charge in [-0.3, -0.25) is 0 Å². The monoisotopic (exact) mass is 323 g/mol. The van der Waals surface area contributed by atoms with Crippen molar-refractivity contribution in [1.29, 1.82) is 0 Å². The largest absolute Gasteiger partial charge is 0.508 e. The molecular formula is C9H11Br2NO2. The number of benzene rings is 1. The molecule has 5 heteroatoms. The van der Waals surface area contributed by atoms with E-state index in [-0.39, 0.29) is 18.4 Å². The quantitative estimate of drug-likeness (QED) is 0.799. The molecule has 1 atom stereocenters. The lowest BCUT2D eigenvalue weighted by atomic mass is 10.0. The van der Waals surface area contributed by atoms with Gasteiger partial charge in [-0.2, -0.15) is 0 Å². The number of phenolic OH excluding ortho intramolecular Hbond substituents is 1. The Kier molecular flexibility index (Phi) is 4.37. The summed E-state index contributed by atoms with van der Waals surface area (Å²) in [6.45, 7) is 0.00309. The number of phenols is 1. The van der Waals surface area contributed by atoms with Crippen LogP contribution in [0.1, 0.15) is 18.0 Å². The molecule has 0 unspecified atom stereocenters. The van der Waals surface area contributed by atoms with E-state index in [4.69, 9.17) is 10.8 Å². The molecule has 0 bridgehead atoms. The molecule has 0 saturated carbocycles. The molecule has 1 aromatic rings. The van der Waals surface area contributed by atoms with Crippen molar-refractivity contribution >= 4 is 31.9 Å². The number of hydrogen-bond acceptors (Lipinski definition) is 3. The molecule has 0 aliphatic carbocycles. The molecule has 0 saturated heterocycles. The molecule has 3 nitrogen and oxygen atoms in total. The third kappa shape index (κ3) is 2.70. The van der Waals surface area contributed by atoms with E-state index in [0.717, 1.165) is 8.95 Å². The van der Waals surface area contributed by atoms with Crippen molar-refractivity contribution in [2.24, 2.45) is 5.73 Å². The lowest BCUT2D eigenvalue weighted by Crippen LogP contribution is -2.12. The van der Waals surface area contributed by atoms with Crippen LogP contribution in [-0.2, 0) is 0 Å². The van der Waals surface area contributed by atoms with Crippen LogP contribution in [0.15, 0.2) is 21.1 Å². The summed E-state index contributed by atoms with van der Waals surface area (Å²) in [5.41, 5.74) is 6.42. The predicted octanol–water partition coefficient (Wildman–Crippen LogP) is 2.30. The van der Waals surface area contributed by atoms with Crippen molar-refractivity contribution in [3.8, 4) is 5.75 Å². The Bertz CT molecular complexity index is 308. The molecule has 0 fully saturated rings. The highest BCUT2D eigenvalue weighted by molar-refractivity contribution is 9.11. The van der Waals surface area contributed by atoms with E-state index in [1.807, 2.05) is 6.07 Å². The highest BCUT2D eigenvalue weighted by atomic mass is 79.9. The van der Waals surface area contributed by atoms with Gasteiger partial charge in [-0.05, 0) is 18.6 Å². The first-order chi connectivity index (χ1) is 6.56. The lowest BCUT2D eigenvalue weighted by molar-refractivity contribution is 0.275. The van der Waals surface area contributed by atoms with Gasteiger partial charge in [-0.15, -0.1) is 0 Å². The molecule has 0 aliphatic heterocycles. The maximum absolute atomic E-state index is 9.65. The van der Waals surface area contributed by atoms with Crippen molar-refractivity contribution in [3.63, 3.8) is 0 Å². The fourth-order valence-electron chi connectivity index (χ4n) is 1.22. The van der Waals surface area contributed by atoms with Gasteiger partial charge in [0.25, 0.3) is 0 Å². The van der Waals surface area contributed by atoms with Crippen LogP contribution in [0.2, 0.25) is 0 Å². The minimum atomic E-state index is -0.359. The zero-order valence-corrected chi connectivity index (χ0v) is 10.5. The van der Waals surface area contributed by atoms with Gasteiger partial charge in [-0.25, -0.2) is 0 Å². The predicted molar refractivity (Wildman–Crippen MR) is 62.1 cm³/mol. The topological polar surface area (TPSA) is 66.5 Å². The number of aromatic hydroxyl groups is 1. The van der Waals surface area contributed by atoms with Crippen LogP contribution in [0.25, 0.3) is 0 Å². The van der Waals surface area contributed by atoms with Crippen molar-refractivity contribution < 1.29 is 10.2 Å². The molecule has 0 heterocycles. The van der Waals surface area contributed by atoms with E-state index in [1.165, 1.54) is 0 Å².